The molecule has 3 nitrogen and oxygen atoms in total. The van der Waals surface area contributed by atoms with Crippen LogP contribution in [0.4, 0.5) is 0 Å². The standard InChI is InChI=1S/C8H13NO2/c1-2-3-4-5-6-8(11)9-7-10/h1,10H,3-7H2,(H,9,11). The number of terminal acetylenes is 1. The number of unbranched alkanes of at least 4 members (excludes halogenated alkanes) is 2. The van der Waals surface area contributed by atoms with Gasteiger partial charge in [-0.25, -0.2) is 0 Å². The molecule has 62 valence electrons. The quantitative estimate of drug-likeness (QED) is 0.339. The predicted octanol–water partition coefficient (Wildman–Crippen LogP) is 0.246. The fraction of sp³-hybridized carbons (Fsp3) is 0.625. The van der Waals surface area contributed by atoms with Crippen molar-refractivity contribution in [3.63, 3.8) is 0 Å². The summed E-state index contributed by atoms with van der Waals surface area (Å²) in [7, 11) is 0. The van der Waals surface area contributed by atoms with Gasteiger partial charge in [0.1, 0.15) is 6.73 Å². The molecule has 0 saturated heterocycles. The first-order valence-electron chi connectivity index (χ1n) is 3.62. The smallest absolute Gasteiger partial charge is 0.221 e. The lowest BCUT2D eigenvalue weighted by atomic mass is 10.2. The number of carbonyl (C=O) groups is 1. The average molecular weight is 155 g/mol. The number of hydrogen-bond acceptors (Lipinski definition) is 2. The summed E-state index contributed by atoms with van der Waals surface area (Å²) < 4.78 is 0. The third-order valence-corrected chi connectivity index (χ3v) is 1.25. The van der Waals surface area contributed by atoms with Crippen LogP contribution in [0, 0.1) is 12.3 Å². The summed E-state index contributed by atoms with van der Waals surface area (Å²) in [4.78, 5) is 10.7. The zero-order valence-electron chi connectivity index (χ0n) is 6.47. The van der Waals surface area contributed by atoms with E-state index in [2.05, 4.69) is 11.2 Å². The lowest BCUT2D eigenvalue weighted by Crippen LogP contribution is -2.23. The Hall–Kier alpha value is -1.01. The summed E-state index contributed by atoms with van der Waals surface area (Å²) >= 11 is 0. The Labute approximate surface area is 66.8 Å². The minimum Gasteiger partial charge on any atom is -0.377 e. The summed E-state index contributed by atoms with van der Waals surface area (Å²) in [6.45, 7) is -0.284. The minimum absolute atomic E-state index is 0.121. The van der Waals surface area contributed by atoms with E-state index in [9.17, 15) is 4.79 Å². The van der Waals surface area contributed by atoms with Crippen LogP contribution in [0.25, 0.3) is 0 Å². The van der Waals surface area contributed by atoms with E-state index in [1.165, 1.54) is 0 Å². The fourth-order valence-electron chi connectivity index (χ4n) is 0.689. The van der Waals surface area contributed by atoms with Gasteiger partial charge in [-0.05, 0) is 12.8 Å². The van der Waals surface area contributed by atoms with Crippen molar-refractivity contribution in [2.45, 2.75) is 25.7 Å². The van der Waals surface area contributed by atoms with E-state index >= 15 is 0 Å². The minimum atomic E-state index is -0.284. The summed E-state index contributed by atoms with van der Waals surface area (Å²) in [5.74, 6) is 2.37. The predicted molar refractivity (Wildman–Crippen MR) is 42.5 cm³/mol. The van der Waals surface area contributed by atoms with Crippen LogP contribution in [-0.2, 0) is 4.79 Å². The monoisotopic (exact) mass is 155 g/mol. The van der Waals surface area contributed by atoms with E-state index in [4.69, 9.17) is 11.5 Å². The molecule has 0 saturated carbocycles. The molecule has 0 aliphatic carbocycles. The van der Waals surface area contributed by atoms with Crippen molar-refractivity contribution in [3.05, 3.63) is 0 Å². The molecule has 0 atom stereocenters. The van der Waals surface area contributed by atoms with Gasteiger partial charge in [-0.2, -0.15) is 0 Å². The van der Waals surface area contributed by atoms with Crippen LogP contribution < -0.4 is 5.32 Å². The van der Waals surface area contributed by atoms with Gasteiger partial charge in [0.25, 0.3) is 0 Å². The number of aliphatic hydroxyl groups excluding tert-OH is 1. The summed E-state index contributed by atoms with van der Waals surface area (Å²) in [6, 6.07) is 0. The van der Waals surface area contributed by atoms with Gasteiger partial charge in [-0.3, -0.25) is 4.79 Å². The topological polar surface area (TPSA) is 49.3 Å². The molecule has 0 rings (SSSR count). The summed E-state index contributed by atoms with van der Waals surface area (Å²) in [5.41, 5.74) is 0. The van der Waals surface area contributed by atoms with Crippen LogP contribution in [-0.4, -0.2) is 17.7 Å². The largest absolute Gasteiger partial charge is 0.377 e. The van der Waals surface area contributed by atoms with Gasteiger partial charge >= 0.3 is 0 Å². The van der Waals surface area contributed by atoms with Gasteiger partial charge in [0.15, 0.2) is 0 Å². The Morgan fingerprint density at radius 2 is 2.27 bits per heavy atom. The first-order valence-corrected chi connectivity index (χ1v) is 3.62. The Kier molecular flexibility index (Phi) is 6.45. The van der Waals surface area contributed by atoms with Crippen molar-refractivity contribution in [3.8, 4) is 12.3 Å². The maximum atomic E-state index is 10.7. The number of nitrogens with one attached hydrogen (secondary N) is 1. The maximum Gasteiger partial charge on any atom is 0.221 e. The average Bonchev–Trinajstić information content (AvgIpc) is 1.99. The molecule has 2 N–H and O–H groups in total. The maximum absolute atomic E-state index is 10.7. The van der Waals surface area contributed by atoms with Gasteiger partial charge < -0.3 is 10.4 Å². The van der Waals surface area contributed by atoms with Gasteiger partial charge in [0, 0.05) is 12.8 Å². The van der Waals surface area contributed by atoms with E-state index in [0.29, 0.717) is 12.8 Å². The number of amides is 1. The van der Waals surface area contributed by atoms with Gasteiger partial charge in [0.2, 0.25) is 5.91 Å². The molecular weight excluding hydrogens is 142 g/mol. The SMILES string of the molecule is C#CCCCCC(=O)NCO. The molecule has 0 aliphatic rings. The fourth-order valence-corrected chi connectivity index (χ4v) is 0.689. The van der Waals surface area contributed by atoms with Crippen LogP contribution in [0.15, 0.2) is 0 Å². The molecule has 0 aromatic heterocycles. The molecule has 0 fully saturated rings. The van der Waals surface area contributed by atoms with Crippen molar-refractivity contribution in [1.29, 1.82) is 0 Å². The Bertz CT molecular complexity index is 149. The molecular formula is C8H13NO2. The van der Waals surface area contributed by atoms with Crippen LogP contribution in [0.2, 0.25) is 0 Å². The van der Waals surface area contributed by atoms with Crippen LogP contribution in [0.3, 0.4) is 0 Å². The number of carbonyl (C=O) groups excluding carboxylic acids is 1. The zero-order valence-corrected chi connectivity index (χ0v) is 6.47. The molecule has 0 aromatic rings. The van der Waals surface area contributed by atoms with E-state index < -0.39 is 0 Å². The second-order valence-electron chi connectivity index (χ2n) is 2.17. The Balaban J connectivity index is 3.12. The van der Waals surface area contributed by atoms with Crippen LogP contribution in [0.1, 0.15) is 25.7 Å². The highest BCUT2D eigenvalue weighted by Gasteiger charge is 1.97. The number of hydrogen-bond donors (Lipinski definition) is 2. The second-order valence-corrected chi connectivity index (χ2v) is 2.17. The first-order chi connectivity index (χ1) is 5.31. The highest BCUT2D eigenvalue weighted by atomic mass is 16.3. The molecule has 0 radical (unpaired) electrons. The second kappa shape index (κ2) is 7.10. The molecule has 0 aromatic carbocycles. The lowest BCUT2D eigenvalue weighted by molar-refractivity contribution is -0.122. The van der Waals surface area contributed by atoms with Crippen molar-refractivity contribution in [2.24, 2.45) is 0 Å². The van der Waals surface area contributed by atoms with Crippen molar-refractivity contribution in [1.82, 2.24) is 5.32 Å². The van der Waals surface area contributed by atoms with E-state index in [-0.39, 0.29) is 12.6 Å². The molecule has 11 heavy (non-hydrogen) atoms. The zero-order chi connectivity index (χ0) is 8.53. The van der Waals surface area contributed by atoms with E-state index in [1.54, 1.807) is 0 Å². The van der Waals surface area contributed by atoms with Crippen LogP contribution >= 0.6 is 0 Å². The van der Waals surface area contributed by atoms with E-state index in [1.807, 2.05) is 0 Å². The van der Waals surface area contributed by atoms with E-state index in [0.717, 1.165) is 12.8 Å². The third-order valence-electron chi connectivity index (χ3n) is 1.25. The Morgan fingerprint density at radius 1 is 1.55 bits per heavy atom. The molecule has 0 bridgehead atoms. The highest BCUT2D eigenvalue weighted by Crippen LogP contribution is 1.97. The van der Waals surface area contributed by atoms with Gasteiger partial charge in [0.05, 0.1) is 0 Å². The first kappa shape index (κ1) is 9.99. The van der Waals surface area contributed by atoms with Gasteiger partial charge in [-0.1, -0.05) is 0 Å². The summed E-state index contributed by atoms with van der Waals surface area (Å²) in [6.07, 6.45) is 7.83. The molecule has 0 unspecified atom stereocenters. The third kappa shape index (κ3) is 6.88. The molecule has 0 spiro atoms. The highest BCUT2D eigenvalue weighted by molar-refractivity contribution is 5.75. The molecule has 3 heteroatoms. The molecule has 0 heterocycles. The van der Waals surface area contributed by atoms with Crippen molar-refractivity contribution >= 4 is 5.91 Å². The number of aliphatic hydroxyl groups is 1. The normalized spacial score (nSPS) is 8.73. The van der Waals surface area contributed by atoms with Gasteiger partial charge in [-0.15, -0.1) is 12.3 Å². The molecule has 0 aliphatic heterocycles. The number of rotatable bonds is 5. The van der Waals surface area contributed by atoms with Crippen molar-refractivity contribution in [2.75, 3.05) is 6.73 Å². The molecule has 1 amide bonds. The lowest BCUT2D eigenvalue weighted by Gasteiger charge is -1.98. The Morgan fingerprint density at radius 3 is 2.82 bits per heavy atom. The van der Waals surface area contributed by atoms with Crippen LogP contribution in [0.5, 0.6) is 0 Å². The van der Waals surface area contributed by atoms with Crippen molar-refractivity contribution < 1.29 is 9.90 Å². The summed E-state index contributed by atoms with van der Waals surface area (Å²) in [5, 5.41) is 10.6.